The van der Waals surface area contributed by atoms with E-state index in [-0.39, 0.29) is 18.4 Å². The number of aromatic nitrogens is 2. The Labute approximate surface area is 98.2 Å². The Kier molecular flexibility index (Phi) is 4.36. The minimum Gasteiger partial charge on any atom is -0.383 e. The van der Waals surface area contributed by atoms with Gasteiger partial charge in [0.25, 0.3) is 0 Å². The van der Waals surface area contributed by atoms with Crippen LogP contribution < -0.4 is 16.8 Å². The fourth-order valence-corrected chi connectivity index (χ4v) is 1.60. The van der Waals surface area contributed by atoms with Crippen molar-refractivity contribution >= 4 is 29.3 Å². The summed E-state index contributed by atoms with van der Waals surface area (Å²) in [6.45, 7) is 1.85. The first-order valence-corrected chi connectivity index (χ1v) is 5.97. The monoisotopic (exact) mass is 241 g/mol. The molecule has 7 heteroatoms. The molecule has 16 heavy (non-hydrogen) atoms. The molecule has 0 spiro atoms. The number of primary amides is 1. The van der Waals surface area contributed by atoms with Gasteiger partial charge in [0, 0.05) is 18.5 Å². The highest BCUT2D eigenvalue weighted by molar-refractivity contribution is 7.98. The maximum atomic E-state index is 10.7. The van der Waals surface area contributed by atoms with Crippen molar-refractivity contribution in [2.75, 3.05) is 17.3 Å². The molecule has 1 aromatic heterocycles. The van der Waals surface area contributed by atoms with E-state index in [9.17, 15) is 4.79 Å². The number of nitrogen functional groups attached to an aromatic ring is 1. The minimum atomic E-state index is -0.355. The van der Waals surface area contributed by atoms with Gasteiger partial charge in [0.15, 0.2) is 5.16 Å². The number of nitrogens with zero attached hydrogens (tertiary/aromatic N) is 2. The number of nitrogens with two attached hydrogens (primary N) is 2. The second-order valence-electron chi connectivity index (χ2n) is 3.38. The van der Waals surface area contributed by atoms with Crippen LogP contribution in [0.15, 0.2) is 11.2 Å². The average Bonchev–Trinajstić information content (AvgIpc) is 2.14. The van der Waals surface area contributed by atoms with Gasteiger partial charge in [0.05, 0.1) is 0 Å². The van der Waals surface area contributed by atoms with E-state index in [1.54, 1.807) is 6.07 Å². The molecule has 1 heterocycles. The van der Waals surface area contributed by atoms with Crippen LogP contribution in [0.1, 0.15) is 13.3 Å². The standard InChI is InChI=1S/C9H15N5OS/c1-5(3-7(11)15)12-8-4-6(10)13-9(14-8)16-2/h4-5H,3H2,1-2H3,(H2,11,15)(H3,10,12,13,14). The Morgan fingerprint density at radius 2 is 2.31 bits per heavy atom. The fraction of sp³-hybridized carbons (Fsp3) is 0.444. The molecular formula is C9H15N5OS. The number of rotatable bonds is 5. The molecule has 1 atom stereocenters. The third-order valence-electron chi connectivity index (χ3n) is 1.81. The van der Waals surface area contributed by atoms with Gasteiger partial charge in [-0.3, -0.25) is 4.79 Å². The van der Waals surface area contributed by atoms with Gasteiger partial charge in [-0.1, -0.05) is 11.8 Å². The van der Waals surface area contributed by atoms with Gasteiger partial charge < -0.3 is 16.8 Å². The van der Waals surface area contributed by atoms with Crippen LogP contribution in [0.3, 0.4) is 0 Å². The summed E-state index contributed by atoms with van der Waals surface area (Å²) in [6, 6.07) is 1.54. The van der Waals surface area contributed by atoms with E-state index in [4.69, 9.17) is 11.5 Å². The minimum absolute atomic E-state index is 0.0819. The third-order valence-corrected chi connectivity index (χ3v) is 2.36. The number of hydrogen-bond donors (Lipinski definition) is 3. The first kappa shape index (κ1) is 12.6. The van der Waals surface area contributed by atoms with Crippen molar-refractivity contribution in [1.82, 2.24) is 9.97 Å². The van der Waals surface area contributed by atoms with Crippen molar-refractivity contribution in [3.8, 4) is 0 Å². The molecule has 0 aliphatic heterocycles. The molecule has 1 unspecified atom stereocenters. The lowest BCUT2D eigenvalue weighted by molar-refractivity contribution is -0.118. The van der Waals surface area contributed by atoms with Gasteiger partial charge in [-0.25, -0.2) is 9.97 Å². The summed E-state index contributed by atoms with van der Waals surface area (Å²) < 4.78 is 0. The smallest absolute Gasteiger partial charge is 0.219 e. The van der Waals surface area contributed by atoms with Crippen LogP contribution in [-0.2, 0) is 4.79 Å². The quantitative estimate of drug-likeness (QED) is 0.510. The Morgan fingerprint density at radius 3 is 2.88 bits per heavy atom. The number of amides is 1. The highest BCUT2D eigenvalue weighted by Crippen LogP contribution is 2.16. The molecule has 0 saturated heterocycles. The van der Waals surface area contributed by atoms with E-state index in [0.717, 1.165) is 0 Å². The normalized spacial score (nSPS) is 12.1. The largest absolute Gasteiger partial charge is 0.383 e. The van der Waals surface area contributed by atoms with E-state index in [1.165, 1.54) is 11.8 Å². The van der Waals surface area contributed by atoms with Gasteiger partial charge in [0.1, 0.15) is 11.6 Å². The van der Waals surface area contributed by atoms with Crippen molar-refractivity contribution in [2.24, 2.45) is 5.73 Å². The molecule has 0 aliphatic carbocycles. The summed E-state index contributed by atoms with van der Waals surface area (Å²) in [5.41, 5.74) is 10.7. The van der Waals surface area contributed by atoms with E-state index in [0.29, 0.717) is 16.8 Å². The first-order valence-electron chi connectivity index (χ1n) is 4.74. The number of nitrogens with one attached hydrogen (secondary N) is 1. The highest BCUT2D eigenvalue weighted by Gasteiger charge is 2.08. The van der Waals surface area contributed by atoms with Gasteiger partial charge in [-0.2, -0.15) is 0 Å². The highest BCUT2D eigenvalue weighted by atomic mass is 32.2. The Balaban J connectivity index is 2.72. The summed E-state index contributed by atoms with van der Waals surface area (Å²) in [4.78, 5) is 18.9. The molecule has 1 aromatic rings. The molecule has 6 nitrogen and oxygen atoms in total. The molecule has 0 radical (unpaired) electrons. The maximum absolute atomic E-state index is 10.7. The van der Waals surface area contributed by atoms with Gasteiger partial charge in [-0.05, 0) is 13.2 Å². The van der Waals surface area contributed by atoms with E-state index in [1.807, 2.05) is 13.2 Å². The van der Waals surface area contributed by atoms with Crippen molar-refractivity contribution in [3.63, 3.8) is 0 Å². The molecule has 0 fully saturated rings. The van der Waals surface area contributed by atoms with Crippen LogP contribution in [0.5, 0.6) is 0 Å². The molecule has 0 bridgehead atoms. The first-order chi connectivity index (χ1) is 7.51. The molecule has 5 N–H and O–H groups in total. The molecule has 1 amide bonds. The van der Waals surface area contributed by atoms with Crippen LogP contribution in [0.2, 0.25) is 0 Å². The SMILES string of the molecule is CSc1nc(N)cc(NC(C)CC(N)=O)n1. The Hall–Kier alpha value is -1.50. The predicted octanol–water partition coefficient (Wildman–Crippen LogP) is 0.456. The molecule has 0 saturated carbocycles. The summed E-state index contributed by atoms with van der Waals surface area (Å²) in [5, 5.41) is 3.63. The lowest BCUT2D eigenvalue weighted by Crippen LogP contribution is -2.24. The van der Waals surface area contributed by atoms with Crippen LogP contribution in [-0.4, -0.2) is 28.2 Å². The molecule has 0 aliphatic rings. The molecule has 88 valence electrons. The predicted molar refractivity (Wildman–Crippen MR) is 65.1 cm³/mol. The lowest BCUT2D eigenvalue weighted by Gasteiger charge is -2.13. The molecule has 0 aromatic carbocycles. The van der Waals surface area contributed by atoms with Gasteiger partial charge >= 0.3 is 0 Å². The Morgan fingerprint density at radius 1 is 1.62 bits per heavy atom. The van der Waals surface area contributed by atoms with Gasteiger partial charge in [-0.15, -0.1) is 0 Å². The number of thioether (sulfide) groups is 1. The summed E-state index contributed by atoms with van der Waals surface area (Å²) in [6.07, 6.45) is 2.11. The fourth-order valence-electron chi connectivity index (χ4n) is 1.21. The van der Waals surface area contributed by atoms with Crippen LogP contribution >= 0.6 is 11.8 Å². The summed E-state index contributed by atoms with van der Waals surface area (Å²) >= 11 is 1.40. The Bertz CT molecular complexity index is 384. The van der Waals surface area contributed by atoms with Crippen molar-refractivity contribution in [2.45, 2.75) is 24.5 Å². The topological polar surface area (TPSA) is 107 Å². The average molecular weight is 241 g/mol. The number of anilines is 2. The van der Waals surface area contributed by atoms with Crippen LogP contribution in [0, 0.1) is 0 Å². The number of hydrogen-bond acceptors (Lipinski definition) is 6. The number of carbonyl (C=O) groups is 1. The lowest BCUT2D eigenvalue weighted by atomic mass is 10.2. The van der Waals surface area contributed by atoms with E-state index in [2.05, 4.69) is 15.3 Å². The van der Waals surface area contributed by atoms with Crippen molar-refractivity contribution in [3.05, 3.63) is 6.07 Å². The zero-order valence-electron chi connectivity index (χ0n) is 9.23. The zero-order valence-corrected chi connectivity index (χ0v) is 10.0. The van der Waals surface area contributed by atoms with Crippen LogP contribution in [0.25, 0.3) is 0 Å². The second kappa shape index (κ2) is 5.55. The summed E-state index contributed by atoms with van der Waals surface area (Å²) in [7, 11) is 0. The summed E-state index contributed by atoms with van der Waals surface area (Å²) in [5.74, 6) is 0.644. The van der Waals surface area contributed by atoms with Gasteiger partial charge in [0.2, 0.25) is 5.91 Å². The van der Waals surface area contributed by atoms with E-state index < -0.39 is 0 Å². The maximum Gasteiger partial charge on any atom is 0.219 e. The van der Waals surface area contributed by atoms with Crippen molar-refractivity contribution in [1.29, 1.82) is 0 Å². The van der Waals surface area contributed by atoms with E-state index >= 15 is 0 Å². The second-order valence-corrected chi connectivity index (χ2v) is 4.15. The van der Waals surface area contributed by atoms with Crippen LogP contribution in [0.4, 0.5) is 11.6 Å². The molecular weight excluding hydrogens is 226 g/mol. The zero-order chi connectivity index (χ0) is 12.1. The number of carbonyl (C=O) groups excluding carboxylic acids is 1. The molecule has 1 rings (SSSR count). The van der Waals surface area contributed by atoms with Crippen molar-refractivity contribution < 1.29 is 4.79 Å². The third kappa shape index (κ3) is 3.93.